The van der Waals surface area contributed by atoms with Crippen molar-refractivity contribution < 1.29 is 4.79 Å². The predicted octanol–water partition coefficient (Wildman–Crippen LogP) is 1.26. The molecule has 0 radical (unpaired) electrons. The van der Waals surface area contributed by atoms with Crippen LogP contribution in [0.5, 0.6) is 0 Å². The van der Waals surface area contributed by atoms with Crippen LogP contribution in [-0.2, 0) is 0 Å². The summed E-state index contributed by atoms with van der Waals surface area (Å²) in [5.41, 5.74) is 6.67. The Balaban J connectivity index is 2.20. The average Bonchev–Trinajstić information content (AvgIpc) is 2.93. The van der Waals surface area contributed by atoms with Crippen molar-refractivity contribution in [3.8, 4) is 11.8 Å². The van der Waals surface area contributed by atoms with E-state index in [9.17, 15) is 4.79 Å². The number of amides is 1. The van der Waals surface area contributed by atoms with Crippen LogP contribution in [0.2, 0.25) is 0 Å². The Hall–Kier alpha value is -1.86. The summed E-state index contributed by atoms with van der Waals surface area (Å²) in [6, 6.07) is 1.74. The molecule has 2 rings (SSSR count). The SMILES string of the molecule is CCC1CCN(C(=O)c2ccncc2C#CCN)C1. The van der Waals surface area contributed by atoms with Gasteiger partial charge in [-0.1, -0.05) is 25.2 Å². The number of pyridine rings is 1. The van der Waals surface area contributed by atoms with Crippen molar-refractivity contribution in [3.63, 3.8) is 0 Å². The topological polar surface area (TPSA) is 59.2 Å². The molecular formula is C15H19N3O. The molecule has 2 N–H and O–H groups in total. The van der Waals surface area contributed by atoms with Gasteiger partial charge in [0.05, 0.1) is 17.7 Å². The summed E-state index contributed by atoms with van der Waals surface area (Å²) in [6.07, 6.45) is 5.48. The van der Waals surface area contributed by atoms with E-state index in [0.29, 0.717) is 17.0 Å². The molecule has 100 valence electrons. The van der Waals surface area contributed by atoms with Gasteiger partial charge < -0.3 is 10.6 Å². The monoisotopic (exact) mass is 257 g/mol. The van der Waals surface area contributed by atoms with E-state index in [4.69, 9.17) is 5.73 Å². The molecule has 0 aromatic carbocycles. The number of nitrogens with two attached hydrogens (primary N) is 1. The van der Waals surface area contributed by atoms with Gasteiger partial charge in [0.15, 0.2) is 0 Å². The maximum atomic E-state index is 12.5. The number of hydrogen-bond acceptors (Lipinski definition) is 3. The highest BCUT2D eigenvalue weighted by Crippen LogP contribution is 2.21. The quantitative estimate of drug-likeness (QED) is 0.812. The average molecular weight is 257 g/mol. The fraction of sp³-hybridized carbons (Fsp3) is 0.467. The van der Waals surface area contributed by atoms with Gasteiger partial charge in [0, 0.05) is 25.5 Å². The van der Waals surface area contributed by atoms with Gasteiger partial charge in [0.2, 0.25) is 0 Å². The zero-order valence-corrected chi connectivity index (χ0v) is 11.2. The molecule has 1 aromatic rings. The van der Waals surface area contributed by atoms with Crippen molar-refractivity contribution in [1.82, 2.24) is 9.88 Å². The van der Waals surface area contributed by atoms with Crippen molar-refractivity contribution in [3.05, 3.63) is 29.6 Å². The summed E-state index contributed by atoms with van der Waals surface area (Å²) in [5.74, 6) is 6.38. The minimum Gasteiger partial charge on any atom is -0.338 e. The summed E-state index contributed by atoms with van der Waals surface area (Å²) in [7, 11) is 0. The fourth-order valence-corrected chi connectivity index (χ4v) is 2.35. The predicted molar refractivity (Wildman–Crippen MR) is 74.5 cm³/mol. The van der Waals surface area contributed by atoms with Crippen LogP contribution in [0.25, 0.3) is 0 Å². The van der Waals surface area contributed by atoms with E-state index >= 15 is 0 Å². The highest BCUT2D eigenvalue weighted by atomic mass is 16.2. The molecule has 1 unspecified atom stereocenters. The van der Waals surface area contributed by atoms with Crippen LogP contribution in [-0.4, -0.2) is 35.4 Å². The molecule has 0 aliphatic carbocycles. The molecule has 1 atom stereocenters. The third-order valence-corrected chi connectivity index (χ3v) is 3.53. The molecule has 4 heteroatoms. The molecule has 0 saturated carbocycles. The van der Waals surface area contributed by atoms with E-state index in [2.05, 4.69) is 23.7 Å². The van der Waals surface area contributed by atoms with Crippen molar-refractivity contribution in [2.24, 2.45) is 11.7 Å². The number of hydrogen-bond donors (Lipinski definition) is 1. The standard InChI is InChI=1S/C15H19N3O/c1-2-12-6-9-18(11-12)15(19)14-5-8-17-10-13(14)4-3-7-16/h5,8,10,12H,2,6-7,9,11,16H2,1H3. The lowest BCUT2D eigenvalue weighted by molar-refractivity contribution is 0.0786. The van der Waals surface area contributed by atoms with Gasteiger partial charge in [-0.2, -0.15) is 0 Å². The van der Waals surface area contributed by atoms with Gasteiger partial charge >= 0.3 is 0 Å². The van der Waals surface area contributed by atoms with Gasteiger partial charge in [0.1, 0.15) is 0 Å². The van der Waals surface area contributed by atoms with Gasteiger partial charge in [0.25, 0.3) is 5.91 Å². The Morgan fingerprint density at radius 2 is 2.47 bits per heavy atom. The number of aromatic nitrogens is 1. The van der Waals surface area contributed by atoms with Gasteiger partial charge in [-0.3, -0.25) is 9.78 Å². The zero-order chi connectivity index (χ0) is 13.7. The molecule has 1 aromatic heterocycles. The van der Waals surface area contributed by atoms with Crippen LogP contribution in [0.3, 0.4) is 0 Å². The highest BCUT2D eigenvalue weighted by Gasteiger charge is 2.26. The lowest BCUT2D eigenvalue weighted by atomic mass is 10.1. The number of likely N-dealkylation sites (tertiary alicyclic amines) is 1. The van der Waals surface area contributed by atoms with Crippen molar-refractivity contribution >= 4 is 5.91 Å². The molecule has 1 fully saturated rings. The first-order chi connectivity index (χ1) is 9.26. The van der Waals surface area contributed by atoms with E-state index in [0.717, 1.165) is 25.9 Å². The highest BCUT2D eigenvalue weighted by molar-refractivity contribution is 5.96. The van der Waals surface area contributed by atoms with Crippen LogP contribution in [0.4, 0.5) is 0 Å². The van der Waals surface area contributed by atoms with Gasteiger partial charge in [-0.05, 0) is 18.4 Å². The molecule has 1 saturated heterocycles. The second-order valence-electron chi connectivity index (χ2n) is 4.74. The van der Waals surface area contributed by atoms with E-state index in [1.165, 1.54) is 0 Å². The summed E-state index contributed by atoms with van der Waals surface area (Å²) in [6.45, 7) is 4.14. The summed E-state index contributed by atoms with van der Waals surface area (Å²) < 4.78 is 0. The normalized spacial score (nSPS) is 18.0. The number of rotatable bonds is 2. The van der Waals surface area contributed by atoms with Crippen LogP contribution in [0.15, 0.2) is 18.5 Å². The Bertz CT molecular complexity index is 516. The molecule has 2 heterocycles. The Kier molecular flexibility index (Phi) is 4.53. The van der Waals surface area contributed by atoms with Crippen molar-refractivity contribution in [2.45, 2.75) is 19.8 Å². The fourth-order valence-electron chi connectivity index (χ4n) is 2.35. The van der Waals surface area contributed by atoms with Crippen molar-refractivity contribution in [2.75, 3.05) is 19.6 Å². The minimum atomic E-state index is 0.0553. The van der Waals surface area contributed by atoms with E-state index in [1.54, 1.807) is 18.5 Å². The first-order valence-corrected chi connectivity index (χ1v) is 6.68. The first-order valence-electron chi connectivity index (χ1n) is 6.68. The molecule has 0 spiro atoms. The molecule has 0 bridgehead atoms. The van der Waals surface area contributed by atoms with Crippen LogP contribution in [0, 0.1) is 17.8 Å². The number of nitrogens with zero attached hydrogens (tertiary/aromatic N) is 2. The summed E-state index contributed by atoms with van der Waals surface area (Å²) >= 11 is 0. The van der Waals surface area contributed by atoms with Gasteiger partial charge in [-0.15, -0.1) is 0 Å². The number of carbonyl (C=O) groups excluding carboxylic acids is 1. The third kappa shape index (κ3) is 3.12. The van der Waals surface area contributed by atoms with Crippen molar-refractivity contribution in [1.29, 1.82) is 0 Å². The third-order valence-electron chi connectivity index (χ3n) is 3.53. The van der Waals surface area contributed by atoms with Crippen LogP contribution < -0.4 is 5.73 Å². The molecule has 19 heavy (non-hydrogen) atoms. The summed E-state index contributed by atoms with van der Waals surface area (Å²) in [4.78, 5) is 18.4. The van der Waals surface area contributed by atoms with E-state index < -0.39 is 0 Å². The second kappa shape index (κ2) is 6.35. The van der Waals surface area contributed by atoms with Crippen LogP contribution in [0.1, 0.15) is 35.7 Å². The minimum absolute atomic E-state index is 0.0553. The Morgan fingerprint density at radius 3 is 3.16 bits per heavy atom. The molecular weight excluding hydrogens is 238 g/mol. The molecule has 4 nitrogen and oxygen atoms in total. The second-order valence-corrected chi connectivity index (χ2v) is 4.74. The first kappa shape index (κ1) is 13.6. The van der Waals surface area contributed by atoms with Crippen LogP contribution >= 0.6 is 0 Å². The van der Waals surface area contributed by atoms with E-state index in [1.807, 2.05) is 4.90 Å². The maximum Gasteiger partial charge on any atom is 0.255 e. The molecule has 1 aliphatic heterocycles. The smallest absolute Gasteiger partial charge is 0.255 e. The van der Waals surface area contributed by atoms with E-state index in [-0.39, 0.29) is 12.5 Å². The lowest BCUT2D eigenvalue weighted by Crippen LogP contribution is -2.29. The number of carbonyl (C=O) groups is 1. The molecule has 1 aliphatic rings. The Labute approximate surface area is 114 Å². The van der Waals surface area contributed by atoms with Gasteiger partial charge in [-0.25, -0.2) is 0 Å². The molecule has 1 amide bonds. The summed E-state index contributed by atoms with van der Waals surface area (Å²) in [5, 5.41) is 0. The lowest BCUT2D eigenvalue weighted by Gasteiger charge is -2.17. The largest absolute Gasteiger partial charge is 0.338 e. The zero-order valence-electron chi connectivity index (χ0n) is 11.2. The Morgan fingerprint density at radius 1 is 1.63 bits per heavy atom. The maximum absolute atomic E-state index is 12.5.